The summed E-state index contributed by atoms with van der Waals surface area (Å²) in [4.78, 5) is 0. The Morgan fingerprint density at radius 1 is 1.31 bits per heavy atom. The lowest BCUT2D eigenvalue weighted by Gasteiger charge is -2.24. The second kappa shape index (κ2) is 2.73. The van der Waals surface area contributed by atoms with E-state index in [1.165, 1.54) is 45.1 Å². The molecule has 0 aromatic rings. The first-order chi connectivity index (χ1) is 6.27. The van der Waals surface area contributed by atoms with Crippen LogP contribution in [0.4, 0.5) is 0 Å². The fourth-order valence-electron chi connectivity index (χ4n) is 2.93. The number of hydrogen-bond acceptors (Lipinski definition) is 1. The highest BCUT2D eigenvalue weighted by molar-refractivity contribution is 5.00. The summed E-state index contributed by atoms with van der Waals surface area (Å²) in [5.41, 5.74) is 0.696. The molecule has 0 spiro atoms. The van der Waals surface area contributed by atoms with Crippen LogP contribution in [0.25, 0.3) is 0 Å². The van der Waals surface area contributed by atoms with E-state index in [0.717, 1.165) is 17.9 Å². The van der Waals surface area contributed by atoms with Gasteiger partial charge in [-0.3, -0.25) is 0 Å². The van der Waals surface area contributed by atoms with Gasteiger partial charge >= 0.3 is 0 Å². The van der Waals surface area contributed by atoms with Gasteiger partial charge in [0.2, 0.25) is 0 Å². The highest BCUT2D eigenvalue weighted by atomic mass is 15.0. The second-order valence-electron chi connectivity index (χ2n) is 5.89. The molecule has 1 heteroatoms. The number of hydrogen-bond donors (Lipinski definition) is 1. The Bertz CT molecular complexity index is 207. The molecule has 3 aliphatic rings. The molecule has 0 amide bonds. The van der Waals surface area contributed by atoms with E-state index in [9.17, 15) is 0 Å². The highest BCUT2D eigenvalue weighted by Gasteiger charge is 2.46. The van der Waals surface area contributed by atoms with Crippen LogP contribution in [0.5, 0.6) is 0 Å². The third-order valence-corrected chi connectivity index (χ3v) is 4.48. The average Bonchev–Trinajstić information content (AvgIpc) is 2.97. The van der Waals surface area contributed by atoms with Gasteiger partial charge in [0.1, 0.15) is 0 Å². The Morgan fingerprint density at radius 3 is 2.92 bits per heavy atom. The lowest BCUT2D eigenvalue weighted by atomic mass is 9.95. The summed E-state index contributed by atoms with van der Waals surface area (Å²) in [6, 6.07) is 0.899. The molecular weight excluding hydrogens is 158 g/mol. The summed E-state index contributed by atoms with van der Waals surface area (Å²) in [5, 5.41) is 3.82. The fourth-order valence-corrected chi connectivity index (χ4v) is 2.93. The van der Waals surface area contributed by atoms with Gasteiger partial charge in [0, 0.05) is 12.6 Å². The summed E-state index contributed by atoms with van der Waals surface area (Å²) in [6.45, 7) is 3.72. The second-order valence-corrected chi connectivity index (χ2v) is 5.89. The van der Waals surface area contributed by atoms with E-state index in [4.69, 9.17) is 0 Å². The van der Waals surface area contributed by atoms with Crippen LogP contribution in [0, 0.1) is 17.3 Å². The van der Waals surface area contributed by atoms with Gasteiger partial charge in [0.05, 0.1) is 0 Å². The predicted molar refractivity (Wildman–Crippen MR) is 54.6 cm³/mol. The maximum absolute atomic E-state index is 3.82. The van der Waals surface area contributed by atoms with Crippen molar-refractivity contribution in [2.24, 2.45) is 17.3 Å². The highest BCUT2D eigenvalue weighted by Crippen LogP contribution is 2.50. The minimum atomic E-state index is 0.696. The first-order valence-electron chi connectivity index (χ1n) is 6.00. The predicted octanol–water partition coefficient (Wildman–Crippen LogP) is 2.56. The van der Waals surface area contributed by atoms with Gasteiger partial charge in [-0.1, -0.05) is 19.8 Å². The maximum atomic E-state index is 3.82. The molecular formula is C12H21N. The molecule has 3 atom stereocenters. The quantitative estimate of drug-likeness (QED) is 0.702. The molecule has 0 aromatic heterocycles. The zero-order valence-electron chi connectivity index (χ0n) is 8.68. The fraction of sp³-hybridized carbons (Fsp3) is 1.00. The van der Waals surface area contributed by atoms with E-state index in [1.807, 2.05) is 0 Å². The SMILES string of the molecule is CC1(CNC2CCC[C@H]3C[C@@H]23)CC1. The molecule has 74 valence electrons. The monoisotopic (exact) mass is 179 g/mol. The maximum Gasteiger partial charge on any atom is 0.00983 e. The van der Waals surface area contributed by atoms with Gasteiger partial charge in [-0.2, -0.15) is 0 Å². The molecule has 0 radical (unpaired) electrons. The van der Waals surface area contributed by atoms with Crippen molar-refractivity contribution in [1.82, 2.24) is 5.32 Å². The molecule has 1 N–H and O–H groups in total. The number of fused-ring (bicyclic) bond motifs is 1. The summed E-state index contributed by atoms with van der Waals surface area (Å²) >= 11 is 0. The summed E-state index contributed by atoms with van der Waals surface area (Å²) in [6.07, 6.45) is 8.92. The molecule has 3 fully saturated rings. The Morgan fingerprint density at radius 2 is 2.15 bits per heavy atom. The molecule has 3 rings (SSSR count). The molecule has 1 nitrogen and oxygen atoms in total. The summed E-state index contributed by atoms with van der Waals surface area (Å²) in [7, 11) is 0. The van der Waals surface area contributed by atoms with Crippen LogP contribution < -0.4 is 5.32 Å². The van der Waals surface area contributed by atoms with Crippen LogP contribution in [0.1, 0.15) is 45.4 Å². The number of rotatable bonds is 3. The zero-order chi connectivity index (χ0) is 8.89. The van der Waals surface area contributed by atoms with Crippen LogP contribution in [-0.2, 0) is 0 Å². The van der Waals surface area contributed by atoms with Gasteiger partial charge in [-0.15, -0.1) is 0 Å². The Hall–Kier alpha value is -0.0400. The average molecular weight is 179 g/mol. The molecule has 0 aliphatic heterocycles. The van der Waals surface area contributed by atoms with Crippen molar-refractivity contribution in [1.29, 1.82) is 0 Å². The van der Waals surface area contributed by atoms with E-state index >= 15 is 0 Å². The summed E-state index contributed by atoms with van der Waals surface area (Å²) < 4.78 is 0. The van der Waals surface area contributed by atoms with E-state index in [0.29, 0.717) is 5.41 Å². The molecule has 0 aromatic carbocycles. The smallest absolute Gasteiger partial charge is 0.00983 e. The standard InChI is InChI=1S/C12H21N/c1-12(5-6-12)8-13-11-4-2-3-9-7-10(9)11/h9-11,13H,2-8H2,1H3/t9-,10+,11?/m0/s1. The third-order valence-electron chi connectivity index (χ3n) is 4.48. The molecule has 13 heavy (non-hydrogen) atoms. The van der Waals surface area contributed by atoms with Crippen LogP contribution in [0.3, 0.4) is 0 Å². The van der Waals surface area contributed by atoms with Crippen LogP contribution in [0.2, 0.25) is 0 Å². The first-order valence-corrected chi connectivity index (χ1v) is 6.00. The van der Waals surface area contributed by atoms with Crippen LogP contribution in [0.15, 0.2) is 0 Å². The molecule has 0 bridgehead atoms. The van der Waals surface area contributed by atoms with Crippen LogP contribution >= 0.6 is 0 Å². The van der Waals surface area contributed by atoms with Gasteiger partial charge in [-0.05, 0) is 42.9 Å². The lowest BCUT2D eigenvalue weighted by molar-refractivity contribution is 0.330. The van der Waals surface area contributed by atoms with Gasteiger partial charge in [0.25, 0.3) is 0 Å². The molecule has 1 unspecified atom stereocenters. The largest absolute Gasteiger partial charge is 0.313 e. The molecule has 3 aliphatic carbocycles. The minimum absolute atomic E-state index is 0.696. The minimum Gasteiger partial charge on any atom is -0.313 e. The first kappa shape index (κ1) is 8.28. The van der Waals surface area contributed by atoms with Gasteiger partial charge < -0.3 is 5.32 Å². The summed E-state index contributed by atoms with van der Waals surface area (Å²) in [5.74, 6) is 2.20. The van der Waals surface area contributed by atoms with Gasteiger partial charge in [-0.25, -0.2) is 0 Å². The van der Waals surface area contributed by atoms with Crippen LogP contribution in [-0.4, -0.2) is 12.6 Å². The molecule has 0 saturated heterocycles. The Kier molecular flexibility index (Phi) is 1.74. The van der Waals surface area contributed by atoms with Crippen molar-refractivity contribution in [2.45, 2.75) is 51.5 Å². The van der Waals surface area contributed by atoms with Crippen molar-refractivity contribution < 1.29 is 0 Å². The van der Waals surface area contributed by atoms with Crippen molar-refractivity contribution in [3.63, 3.8) is 0 Å². The lowest BCUT2D eigenvalue weighted by Crippen LogP contribution is -2.36. The third kappa shape index (κ3) is 1.63. The topological polar surface area (TPSA) is 12.0 Å². The van der Waals surface area contributed by atoms with Crippen molar-refractivity contribution in [3.8, 4) is 0 Å². The van der Waals surface area contributed by atoms with Crippen molar-refractivity contribution in [3.05, 3.63) is 0 Å². The molecule has 0 heterocycles. The van der Waals surface area contributed by atoms with E-state index in [-0.39, 0.29) is 0 Å². The normalized spacial score (nSPS) is 45.5. The van der Waals surface area contributed by atoms with Crippen molar-refractivity contribution >= 4 is 0 Å². The van der Waals surface area contributed by atoms with E-state index < -0.39 is 0 Å². The van der Waals surface area contributed by atoms with Gasteiger partial charge in [0.15, 0.2) is 0 Å². The Labute approximate surface area is 81.3 Å². The Balaban J connectivity index is 1.49. The zero-order valence-corrected chi connectivity index (χ0v) is 8.68. The van der Waals surface area contributed by atoms with Crippen molar-refractivity contribution in [2.75, 3.05) is 6.54 Å². The van der Waals surface area contributed by atoms with E-state index in [1.54, 1.807) is 0 Å². The molecule has 3 saturated carbocycles. The van der Waals surface area contributed by atoms with E-state index in [2.05, 4.69) is 12.2 Å². The number of nitrogens with one attached hydrogen (secondary N) is 1.